The first-order chi connectivity index (χ1) is 11.2. The molecule has 136 valence electrons. The summed E-state index contributed by atoms with van der Waals surface area (Å²) in [5.74, 6) is 0. The van der Waals surface area contributed by atoms with E-state index in [1.807, 2.05) is 20.8 Å². The van der Waals surface area contributed by atoms with E-state index in [2.05, 4.69) is 19.1 Å². The van der Waals surface area contributed by atoms with Crippen LogP contribution in [0.2, 0.25) is 6.04 Å². The van der Waals surface area contributed by atoms with Gasteiger partial charge in [0, 0.05) is 25.9 Å². The fraction of sp³-hybridized carbons (Fsp3) is 0.882. The minimum atomic E-state index is -2.49. The Morgan fingerprint density at radius 2 is 1.61 bits per heavy atom. The molecular weight excluding hydrogens is 312 g/mol. The summed E-state index contributed by atoms with van der Waals surface area (Å²) in [7, 11) is -2.49. The highest BCUT2D eigenvalue weighted by atomic mass is 28.4. The lowest BCUT2D eigenvalue weighted by atomic mass is 10.2. The first-order valence-corrected chi connectivity index (χ1v) is 10.9. The van der Waals surface area contributed by atoms with E-state index in [1.54, 1.807) is 0 Å². The number of allylic oxidation sites excluding steroid dienone is 2. The lowest BCUT2D eigenvalue weighted by Gasteiger charge is -2.28. The first-order valence-electron chi connectivity index (χ1n) is 8.95. The van der Waals surface area contributed by atoms with Gasteiger partial charge in [-0.05, 0) is 47.0 Å². The first kappa shape index (κ1) is 20.8. The average Bonchev–Trinajstić information content (AvgIpc) is 3.34. The van der Waals surface area contributed by atoms with Gasteiger partial charge in [-0.1, -0.05) is 12.2 Å². The van der Waals surface area contributed by atoms with E-state index in [-0.39, 0.29) is 6.10 Å². The molecule has 0 saturated carbocycles. The molecule has 2 atom stereocenters. The van der Waals surface area contributed by atoms with Crippen LogP contribution in [-0.4, -0.2) is 54.0 Å². The quantitative estimate of drug-likeness (QED) is 0.258. The summed E-state index contributed by atoms with van der Waals surface area (Å²) in [6, 6.07) is 0.837. The zero-order chi connectivity index (χ0) is 17.0. The number of epoxide rings is 1. The molecule has 0 aromatic heterocycles. The molecule has 1 aliphatic heterocycles. The van der Waals surface area contributed by atoms with Crippen LogP contribution in [0.3, 0.4) is 0 Å². The predicted molar refractivity (Wildman–Crippen MR) is 93.6 cm³/mol. The fourth-order valence-corrected chi connectivity index (χ4v) is 4.87. The zero-order valence-corrected chi connectivity index (χ0v) is 16.2. The standard InChI is InChI=1S/C17H34O5Si/c1-5-20-23(21-6-2,22-7-3)13-11-9-8-10-12-16(4)18-14-17-15-19-17/h8-9,16-17H,5-7,10-15H2,1-4H3. The summed E-state index contributed by atoms with van der Waals surface area (Å²) >= 11 is 0. The number of ether oxygens (including phenoxy) is 2. The molecule has 1 heterocycles. The lowest BCUT2D eigenvalue weighted by molar-refractivity contribution is 0.0499. The van der Waals surface area contributed by atoms with Crippen molar-refractivity contribution in [2.24, 2.45) is 0 Å². The second kappa shape index (κ2) is 12.2. The van der Waals surface area contributed by atoms with Gasteiger partial charge in [-0.2, -0.15) is 0 Å². The highest BCUT2D eigenvalue weighted by Gasteiger charge is 2.39. The normalized spacial score (nSPS) is 19.4. The third-order valence-corrected chi connectivity index (χ3v) is 6.67. The molecule has 0 amide bonds. The topological polar surface area (TPSA) is 49.5 Å². The largest absolute Gasteiger partial charge is 0.501 e. The molecule has 0 aliphatic carbocycles. The minimum absolute atomic E-state index is 0.285. The van der Waals surface area contributed by atoms with Crippen LogP contribution in [0.15, 0.2) is 12.2 Å². The van der Waals surface area contributed by atoms with E-state index >= 15 is 0 Å². The van der Waals surface area contributed by atoms with Gasteiger partial charge in [0.15, 0.2) is 0 Å². The van der Waals surface area contributed by atoms with Gasteiger partial charge in [0.1, 0.15) is 6.10 Å². The number of hydrogen-bond acceptors (Lipinski definition) is 5. The molecule has 2 unspecified atom stereocenters. The van der Waals surface area contributed by atoms with Gasteiger partial charge in [-0.25, -0.2) is 0 Å². The number of rotatable bonds is 15. The van der Waals surface area contributed by atoms with Crippen molar-refractivity contribution >= 4 is 8.80 Å². The summed E-state index contributed by atoms with van der Waals surface area (Å²) in [6.07, 6.45) is 8.05. The Bertz CT molecular complexity index is 303. The Morgan fingerprint density at radius 1 is 1.04 bits per heavy atom. The van der Waals surface area contributed by atoms with Crippen LogP contribution in [0, 0.1) is 0 Å². The van der Waals surface area contributed by atoms with Crippen molar-refractivity contribution in [2.75, 3.05) is 33.0 Å². The Hall–Kier alpha value is -0.243. The number of hydrogen-bond donors (Lipinski definition) is 0. The van der Waals surface area contributed by atoms with Gasteiger partial charge in [0.2, 0.25) is 0 Å². The molecule has 0 N–H and O–H groups in total. The molecule has 5 nitrogen and oxygen atoms in total. The van der Waals surface area contributed by atoms with Crippen molar-refractivity contribution in [3.8, 4) is 0 Å². The van der Waals surface area contributed by atoms with E-state index in [4.69, 9.17) is 22.8 Å². The van der Waals surface area contributed by atoms with Gasteiger partial charge in [-0.3, -0.25) is 0 Å². The van der Waals surface area contributed by atoms with E-state index in [0.29, 0.717) is 25.9 Å². The molecule has 1 fully saturated rings. The zero-order valence-electron chi connectivity index (χ0n) is 15.2. The Morgan fingerprint density at radius 3 is 2.13 bits per heavy atom. The maximum Gasteiger partial charge on any atom is 0.501 e. The van der Waals surface area contributed by atoms with Gasteiger partial charge in [0.05, 0.1) is 19.3 Å². The second-order valence-electron chi connectivity index (χ2n) is 5.67. The third kappa shape index (κ3) is 9.59. The van der Waals surface area contributed by atoms with E-state index in [1.165, 1.54) is 0 Å². The van der Waals surface area contributed by atoms with Gasteiger partial charge in [0.25, 0.3) is 0 Å². The second-order valence-corrected chi connectivity index (χ2v) is 8.40. The van der Waals surface area contributed by atoms with Crippen LogP contribution in [0.5, 0.6) is 0 Å². The van der Waals surface area contributed by atoms with E-state index in [9.17, 15) is 0 Å². The van der Waals surface area contributed by atoms with Crippen LogP contribution >= 0.6 is 0 Å². The molecule has 0 aromatic carbocycles. The highest BCUT2D eigenvalue weighted by molar-refractivity contribution is 6.60. The maximum absolute atomic E-state index is 5.84. The average molecular weight is 347 g/mol. The van der Waals surface area contributed by atoms with Crippen LogP contribution in [0.25, 0.3) is 0 Å². The minimum Gasteiger partial charge on any atom is -0.376 e. The summed E-state index contributed by atoms with van der Waals surface area (Å²) in [5.41, 5.74) is 0. The van der Waals surface area contributed by atoms with Crippen molar-refractivity contribution in [3.05, 3.63) is 12.2 Å². The SMILES string of the molecule is CCO[Si](CCC=CCCC(C)OCC1CO1)(OCC)OCC. The maximum atomic E-state index is 5.84. The predicted octanol–water partition coefficient (Wildman–Crippen LogP) is 3.57. The van der Waals surface area contributed by atoms with Crippen molar-refractivity contribution in [1.29, 1.82) is 0 Å². The molecule has 1 rings (SSSR count). The fourth-order valence-electron chi connectivity index (χ4n) is 2.35. The smallest absolute Gasteiger partial charge is 0.376 e. The van der Waals surface area contributed by atoms with Crippen LogP contribution in [-0.2, 0) is 22.8 Å². The Kier molecular flexibility index (Phi) is 11.0. The van der Waals surface area contributed by atoms with Gasteiger partial charge >= 0.3 is 8.80 Å². The van der Waals surface area contributed by atoms with Crippen molar-refractivity contribution < 1.29 is 22.8 Å². The summed E-state index contributed by atoms with van der Waals surface area (Å²) in [4.78, 5) is 0. The molecule has 1 aliphatic rings. The van der Waals surface area contributed by atoms with E-state index in [0.717, 1.165) is 38.5 Å². The Labute approximate surface area is 142 Å². The molecular formula is C17H34O5Si. The van der Waals surface area contributed by atoms with Crippen LogP contribution < -0.4 is 0 Å². The van der Waals surface area contributed by atoms with Crippen molar-refractivity contribution in [1.82, 2.24) is 0 Å². The summed E-state index contributed by atoms with van der Waals surface area (Å²) < 4.78 is 28.4. The molecule has 23 heavy (non-hydrogen) atoms. The molecule has 0 spiro atoms. The molecule has 1 saturated heterocycles. The van der Waals surface area contributed by atoms with Crippen LogP contribution in [0.4, 0.5) is 0 Å². The Balaban J connectivity index is 2.19. The van der Waals surface area contributed by atoms with Crippen molar-refractivity contribution in [2.45, 2.75) is 65.2 Å². The lowest BCUT2D eigenvalue weighted by Crippen LogP contribution is -2.45. The van der Waals surface area contributed by atoms with Gasteiger partial charge in [-0.15, -0.1) is 0 Å². The summed E-state index contributed by atoms with van der Waals surface area (Å²) in [5, 5.41) is 0. The molecule has 0 bridgehead atoms. The van der Waals surface area contributed by atoms with Gasteiger partial charge < -0.3 is 22.8 Å². The van der Waals surface area contributed by atoms with Crippen molar-refractivity contribution in [3.63, 3.8) is 0 Å². The third-order valence-electron chi connectivity index (χ3n) is 3.59. The summed E-state index contributed by atoms with van der Waals surface area (Å²) in [6.45, 7) is 11.6. The highest BCUT2D eigenvalue weighted by Crippen LogP contribution is 2.19. The molecule has 6 heteroatoms. The van der Waals surface area contributed by atoms with E-state index < -0.39 is 8.80 Å². The monoisotopic (exact) mass is 346 g/mol. The molecule has 0 aromatic rings. The molecule has 0 radical (unpaired) electrons. The van der Waals surface area contributed by atoms with Crippen LogP contribution in [0.1, 0.15) is 47.0 Å².